The van der Waals surface area contributed by atoms with Gasteiger partial charge in [0.2, 0.25) is 5.91 Å². The zero-order chi connectivity index (χ0) is 24.2. The van der Waals surface area contributed by atoms with Gasteiger partial charge >= 0.3 is 5.97 Å². The van der Waals surface area contributed by atoms with Gasteiger partial charge in [0, 0.05) is 23.5 Å². The third-order valence-electron chi connectivity index (χ3n) is 5.53. The first-order valence-corrected chi connectivity index (χ1v) is 11.1. The fraction of sp³-hybridized carbons (Fsp3) is 0.320. The van der Waals surface area contributed by atoms with Gasteiger partial charge in [-0.2, -0.15) is 0 Å². The molecule has 178 valence electrons. The minimum atomic E-state index is -0.441. The smallest absolute Gasteiger partial charge is 0.311 e. The van der Waals surface area contributed by atoms with Gasteiger partial charge in [-0.3, -0.25) is 19.3 Å². The number of esters is 1. The van der Waals surface area contributed by atoms with Crippen molar-refractivity contribution in [1.82, 2.24) is 0 Å². The van der Waals surface area contributed by atoms with E-state index in [0.717, 1.165) is 11.1 Å². The molecule has 0 saturated carbocycles. The number of aryl methyl sites for hydroxylation is 2. The lowest BCUT2D eigenvalue weighted by Gasteiger charge is -2.23. The van der Waals surface area contributed by atoms with Crippen molar-refractivity contribution in [2.24, 2.45) is 0 Å². The second-order valence-electron chi connectivity index (χ2n) is 8.06. The van der Waals surface area contributed by atoms with Crippen LogP contribution in [-0.4, -0.2) is 44.1 Å². The molecule has 9 nitrogen and oxygen atoms in total. The fourth-order valence-electron chi connectivity index (χ4n) is 3.77. The highest BCUT2D eigenvalue weighted by atomic mass is 16.6. The third-order valence-corrected chi connectivity index (χ3v) is 5.53. The van der Waals surface area contributed by atoms with E-state index in [1.807, 2.05) is 26.0 Å². The van der Waals surface area contributed by atoms with E-state index in [1.165, 1.54) is 11.0 Å². The highest BCUT2D eigenvalue weighted by molar-refractivity contribution is 6.10. The standard InChI is InChI=1S/C25H27N3O6/c1-4-32-25(31)13-18-12-24(30)28(20-10-16(3)15(2)9-19(20)26-18)14-23(29)27-17-5-6-21-22(11-17)34-8-7-33-21/h5-6,9-12,26H,4,7-8,13-14H2,1-3H3,(H,27,29). The Labute approximate surface area is 197 Å². The molecule has 34 heavy (non-hydrogen) atoms. The summed E-state index contributed by atoms with van der Waals surface area (Å²) in [5, 5.41) is 5.98. The minimum absolute atomic E-state index is 0.0802. The van der Waals surface area contributed by atoms with E-state index < -0.39 is 11.9 Å². The van der Waals surface area contributed by atoms with Gasteiger partial charge in [0.05, 0.1) is 24.4 Å². The van der Waals surface area contributed by atoms with Crippen molar-refractivity contribution >= 4 is 34.8 Å². The first-order chi connectivity index (χ1) is 16.3. The van der Waals surface area contributed by atoms with Gasteiger partial charge in [-0.25, -0.2) is 0 Å². The Balaban J connectivity index is 1.57. The number of carbonyl (C=O) groups excluding carboxylic acids is 3. The summed E-state index contributed by atoms with van der Waals surface area (Å²) in [6.45, 7) is 6.57. The number of anilines is 3. The van der Waals surface area contributed by atoms with E-state index in [2.05, 4.69) is 10.6 Å². The number of benzene rings is 2. The lowest BCUT2D eigenvalue weighted by molar-refractivity contribution is -0.142. The third kappa shape index (κ3) is 5.14. The van der Waals surface area contributed by atoms with Crippen molar-refractivity contribution in [3.8, 4) is 11.5 Å². The van der Waals surface area contributed by atoms with Crippen LogP contribution in [0.4, 0.5) is 17.1 Å². The van der Waals surface area contributed by atoms with Gasteiger partial charge in [0.1, 0.15) is 19.8 Å². The van der Waals surface area contributed by atoms with Gasteiger partial charge in [0.15, 0.2) is 11.5 Å². The van der Waals surface area contributed by atoms with Gasteiger partial charge in [-0.05, 0) is 56.2 Å². The number of amides is 2. The zero-order valence-electron chi connectivity index (χ0n) is 19.4. The summed E-state index contributed by atoms with van der Waals surface area (Å²) in [4.78, 5) is 39.5. The summed E-state index contributed by atoms with van der Waals surface area (Å²) in [6, 6.07) is 8.89. The van der Waals surface area contributed by atoms with Crippen molar-refractivity contribution in [2.45, 2.75) is 27.2 Å². The molecule has 0 atom stereocenters. The second-order valence-corrected chi connectivity index (χ2v) is 8.06. The number of rotatable bonds is 6. The van der Waals surface area contributed by atoms with Gasteiger partial charge in [0.25, 0.3) is 5.91 Å². The SMILES string of the molecule is CCOC(=O)CC1=CC(=O)N(CC(=O)Nc2ccc3c(c2)OCCO3)c2cc(C)c(C)cc2N1. The molecule has 0 saturated heterocycles. The quantitative estimate of drug-likeness (QED) is 0.631. The molecule has 0 fully saturated rings. The second kappa shape index (κ2) is 9.86. The Hall–Kier alpha value is -4.01. The predicted octanol–water partition coefficient (Wildman–Crippen LogP) is 3.31. The van der Waals surface area contributed by atoms with E-state index in [0.29, 0.717) is 47.5 Å². The highest BCUT2D eigenvalue weighted by Gasteiger charge is 2.26. The largest absolute Gasteiger partial charge is 0.486 e. The maximum absolute atomic E-state index is 13.1. The van der Waals surface area contributed by atoms with Crippen molar-refractivity contribution in [1.29, 1.82) is 0 Å². The first-order valence-electron chi connectivity index (χ1n) is 11.1. The maximum atomic E-state index is 13.1. The molecule has 0 unspecified atom stereocenters. The molecule has 9 heteroatoms. The topological polar surface area (TPSA) is 106 Å². The van der Waals surface area contributed by atoms with Crippen LogP contribution in [-0.2, 0) is 19.1 Å². The number of hydrogen-bond donors (Lipinski definition) is 2. The fourth-order valence-corrected chi connectivity index (χ4v) is 3.77. The molecule has 0 spiro atoms. The lowest BCUT2D eigenvalue weighted by Crippen LogP contribution is -2.37. The molecular formula is C25H27N3O6. The Morgan fingerprint density at radius 3 is 2.59 bits per heavy atom. The van der Waals surface area contributed by atoms with E-state index >= 15 is 0 Å². The molecule has 0 aromatic heterocycles. The molecule has 0 radical (unpaired) electrons. The van der Waals surface area contributed by atoms with Crippen molar-refractivity contribution in [3.05, 3.63) is 53.2 Å². The van der Waals surface area contributed by atoms with Crippen molar-refractivity contribution < 1.29 is 28.6 Å². The summed E-state index contributed by atoms with van der Waals surface area (Å²) in [7, 11) is 0. The summed E-state index contributed by atoms with van der Waals surface area (Å²) < 4.78 is 16.1. The van der Waals surface area contributed by atoms with E-state index in [4.69, 9.17) is 14.2 Å². The van der Waals surface area contributed by atoms with Crippen LogP contribution in [0, 0.1) is 13.8 Å². The summed E-state index contributed by atoms with van der Waals surface area (Å²) in [5.74, 6) is -0.0500. The number of ether oxygens (including phenoxy) is 3. The van der Waals surface area contributed by atoms with Crippen LogP contribution in [0.5, 0.6) is 11.5 Å². The zero-order valence-corrected chi connectivity index (χ0v) is 19.4. The minimum Gasteiger partial charge on any atom is -0.486 e. The Kier molecular flexibility index (Phi) is 6.72. The monoisotopic (exact) mass is 465 g/mol. The number of fused-ring (bicyclic) bond motifs is 2. The highest BCUT2D eigenvalue weighted by Crippen LogP contribution is 2.34. The molecule has 2 N–H and O–H groups in total. The van der Waals surface area contributed by atoms with Gasteiger partial charge in [-0.1, -0.05) is 0 Å². The maximum Gasteiger partial charge on any atom is 0.311 e. The van der Waals surface area contributed by atoms with Crippen LogP contribution in [0.25, 0.3) is 0 Å². The average Bonchev–Trinajstić information content (AvgIpc) is 2.90. The van der Waals surface area contributed by atoms with Crippen molar-refractivity contribution in [3.63, 3.8) is 0 Å². The molecule has 2 aliphatic heterocycles. The van der Waals surface area contributed by atoms with Crippen LogP contribution in [0.15, 0.2) is 42.1 Å². The normalized spacial score (nSPS) is 14.4. The van der Waals surface area contributed by atoms with Crippen LogP contribution in [0.1, 0.15) is 24.5 Å². The molecule has 2 aliphatic rings. The van der Waals surface area contributed by atoms with E-state index in [-0.39, 0.29) is 25.5 Å². The van der Waals surface area contributed by atoms with E-state index in [9.17, 15) is 14.4 Å². The van der Waals surface area contributed by atoms with Gasteiger partial charge < -0.3 is 24.8 Å². The van der Waals surface area contributed by atoms with Crippen LogP contribution in [0.2, 0.25) is 0 Å². The molecule has 0 aliphatic carbocycles. The molecular weight excluding hydrogens is 438 g/mol. The first kappa shape index (κ1) is 23.2. The summed E-state index contributed by atoms with van der Waals surface area (Å²) >= 11 is 0. The number of hydrogen-bond acceptors (Lipinski definition) is 7. The molecule has 2 aromatic rings. The Morgan fingerprint density at radius 1 is 1.09 bits per heavy atom. The summed E-state index contributed by atoms with van der Waals surface area (Å²) in [6.07, 6.45) is 1.25. The Morgan fingerprint density at radius 2 is 1.82 bits per heavy atom. The van der Waals surface area contributed by atoms with Crippen LogP contribution < -0.4 is 25.0 Å². The molecule has 2 amide bonds. The Bertz CT molecular complexity index is 1170. The number of nitrogens with one attached hydrogen (secondary N) is 2. The van der Waals surface area contributed by atoms with E-state index in [1.54, 1.807) is 25.1 Å². The number of nitrogens with zero attached hydrogens (tertiary/aromatic N) is 1. The summed E-state index contributed by atoms with van der Waals surface area (Å²) in [5.41, 5.74) is 4.12. The lowest BCUT2D eigenvalue weighted by atomic mass is 10.1. The van der Waals surface area contributed by atoms with Crippen LogP contribution >= 0.6 is 0 Å². The molecule has 2 heterocycles. The average molecular weight is 466 g/mol. The predicted molar refractivity (Wildman–Crippen MR) is 127 cm³/mol. The molecule has 2 aromatic carbocycles. The van der Waals surface area contributed by atoms with Gasteiger partial charge in [-0.15, -0.1) is 0 Å². The number of carbonyl (C=O) groups is 3. The molecule has 4 rings (SSSR count). The van der Waals surface area contributed by atoms with Crippen LogP contribution in [0.3, 0.4) is 0 Å². The molecule has 0 bridgehead atoms. The van der Waals surface area contributed by atoms with Crippen molar-refractivity contribution in [2.75, 3.05) is 41.9 Å².